The van der Waals surface area contributed by atoms with Crippen molar-refractivity contribution in [2.75, 3.05) is 11.9 Å². The second kappa shape index (κ2) is 6.87. The van der Waals surface area contributed by atoms with Crippen molar-refractivity contribution in [2.24, 2.45) is 0 Å². The Morgan fingerprint density at radius 2 is 2.19 bits per heavy atom. The monoisotopic (exact) mass is 326 g/mol. The van der Waals surface area contributed by atoms with Crippen molar-refractivity contribution < 1.29 is 4.39 Å². The van der Waals surface area contributed by atoms with E-state index in [-0.39, 0.29) is 5.82 Å². The molecule has 0 radical (unpaired) electrons. The molecular formula is C14H16ClFN4S. The molecule has 0 aliphatic rings. The van der Waals surface area contributed by atoms with Crippen LogP contribution in [0.4, 0.5) is 10.2 Å². The zero-order valence-electron chi connectivity index (χ0n) is 11.8. The van der Waals surface area contributed by atoms with Gasteiger partial charge >= 0.3 is 0 Å². The Kier molecular flexibility index (Phi) is 5.14. The first-order valence-corrected chi connectivity index (χ1v) is 7.31. The number of thiocarbonyl (C=S) groups is 1. The molecule has 0 fully saturated rings. The summed E-state index contributed by atoms with van der Waals surface area (Å²) in [6.45, 7) is 5.12. The number of anilines is 1. The van der Waals surface area contributed by atoms with Gasteiger partial charge in [0, 0.05) is 23.3 Å². The van der Waals surface area contributed by atoms with Crippen LogP contribution in [0.3, 0.4) is 0 Å². The van der Waals surface area contributed by atoms with Crippen LogP contribution < -0.4 is 10.6 Å². The summed E-state index contributed by atoms with van der Waals surface area (Å²) in [5, 5.41) is 11.3. The molecule has 1 aromatic heterocycles. The maximum atomic E-state index is 13.0. The zero-order chi connectivity index (χ0) is 15.4. The van der Waals surface area contributed by atoms with Gasteiger partial charge in [0.05, 0.1) is 6.54 Å². The SMILES string of the molecule is CCNC(=S)Nc1cc(C)n(Cc2ccc(F)cc2Cl)n1. The van der Waals surface area contributed by atoms with Crippen molar-refractivity contribution in [3.8, 4) is 0 Å². The van der Waals surface area contributed by atoms with Crippen LogP contribution in [0.25, 0.3) is 0 Å². The van der Waals surface area contributed by atoms with Crippen LogP contribution in [0.5, 0.6) is 0 Å². The first kappa shape index (κ1) is 15.7. The molecule has 0 saturated heterocycles. The van der Waals surface area contributed by atoms with E-state index < -0.39 is 0 Å². The molecule has 2 aromatic rings. The number of aromatic nitrogens is 2. The van der Waals surface area contributed by atoms with Gasteiger partial charge in [0.2, 0.25) is 0 Å². The second-order valence-electron chi connectivity index (χ2n) is 4.55. The lowest BCUT2D eigenvalue weighted by atomic mass is 10.2. The minimum Gasteiger partial charge on any atom is -0.363 e. The summed E-state index contributed by atoms with van der Waals surface area (Å²) < 4.78 is 14.8. The van der Waals surface area contributed by atoms with E-state index in [9.17, 15) is 4.39 Å². The van der Waals surface area contributed by atoms with Gasteiger partial charge in [-0.05, 0) is 43.8 Å². The van der Waals surface area contributed by atoms with Crippen molar-refractivity contribution in [3.05, 3.63) is 46.4 Å². The number of benzene rings is 1. The fourth-order valence-electron chi connectivity index (χ4n) is 1.86. The summed E-state index contributed by atoms with van der Waals surface area (Å²) in [4.78, 5) is 0. The number of nitrogens with zero attached hydrogens (tertiary/aromatic N) is 2. The quantitative estimate of drug-likeness (QED) is 0.846. The predicted molar refractivity (Wildman–Crippen MR) is 87.4 cm³/mol. The predicted octanol–water partition coefficient (Wildman–Crippen LogP) is 3.34. The molecule has 21 heavy (non-hydrogen) atoms. The average Bonchev–Trinajstić information content (AvgIpc) is 2.73. The Bertz CT molecular complexity index is 656. The van der Waals surface area contributed by atoms with Gasteiger partial charge in [-0.25, -0.2) is 4.39 Å². The highest BCUT2D eigenvalue weighted by atomic mass is 35.5. The van der Waals surface area contributed by atoms with E-state index in [1.54, 1.807) is 10.7 Å². The van der Waals surface area contributed by atoms with Crippen molar-refractivity contribution >= 4 is 34.7 Å². The summed E-state index contributed by atoms with van der Waals surface area (Å²) in [5.41, 5.74) is 1.77. The number of hydrogen-bond donors (Lipinski definition) is 2. The topological polar surface area (TPSA) is 41.9 Å². The summed E-state index contributed by atoms with van der Waals surface area (Å²) in [7, 11) is 0. The lowest BCUT2D eigenvalue weighted by molar-refractivity contribution is 0.623. The van der Waals surface area contributed by atoms with E-state index in [2.05, 4.69) is 15.7 Å². The molecule has 7 heteroatoms. The van der Waals surface area contributed by atoms with Gasteiger partial charge in [-0.3, -0.25) is 4.68 Å². The molecule has 0 aliphatic carbocycles. The van der Waals surface area contributed by atoms with Crippen LogP contribution in [0.1, 0.15) is 18.2 Å². The Morgan fingerprint density at radius 1 is 1.43 bits per heavy atom. The van der Waals surface area contributed by atoms with Gasteiger partial charge < -0.3 is 10.6 Å². The molecule has 0 saturated carbocycles. The molecule has 0 spiro atoms. The molecular weight excluding hydrogens is 311 g/mol. The molecule has 1 heterocycles. The van der Waals surface area contributed by atoms with Crippen LogP contribution in [0.2, 0.25) is 5.02 Å². The number of hydrogen-bond acceptors (Lipinski definition) is 2. The molecule has 4 nitrogen and oxygen atoms in total. The second-order valence-corrected chi connectivity index (χ2v) is 5.36. The molecule has 0 aliphatic heterocycles. The van der Waals surface area contributed by atoms with E-state index in [0.29, 0.717) is 22.5 Å². The van der Waals surface area contributed by atoms with Gasteiger partial charge in [0.15, 0.2) is 10.9 Å². The van der Waals surface area contributed by atoms with Gasteiger partial charge in [0.1, 0.15) is 5.82 Å². The van der Waals surface area contributed by atoms with Crippen LogP contribution in [-0.2, 0) is 6.54 Å². The largest absolute Gasteiger partial charge is 0.363 e. The Labute approximate surface area is 133 Å². The maximum absolute atomic E-state index is 13.0. The third-order valence-corrected chi connectivity index (χ3v) is 3.49. The summed E-state index contributed by atoms with van der Waals surface area (Å²) >= 11 is 11.2. The molecule has 0 atom stereocenters. The van der Waals surface area contributed by atoms with Crippen LogP contribution in [0, 0.1) is 12.7 Å². The minimum absolute atomic E-state index is 0.348. The fourth-order valence-corrected chi connectivity index (χ4v) is 2.34. The number of halogens is 2. The Morgan fingerprint density at radius 3 is 2.86 bits per heavy atom. The lowest BCUT2D eigenvalue weighted by Gasteiger charge is -2.07. The van der Waals surface area contributed by atoms with Crippen molar-refractivity contribution in [2.45, 2.75) is 20.4 Å². The summed E-state index contributed by atoms with van der Waals surface area (Å²) in [6, 6.07) is 6.24. The third kappa shape index (κ3) is 4.15. The smallest absolute Gasteiger partial charge is 0.171 e. The van der Waals surface area contributed by atoms with Gasteiger partial charge in [-0.15, -0.1) is 0 Å². The van der Waals surface area contributed by atoms with Crippen LogP contribution in [0.15, 0.2) is 24.3 Å². The van der Waals surface area contributed by atoms with E-state index in [1.807, 2.05) is 19.9 Å². The van der Waals surface area contributed by atoms with Crippen LogP contribution in [-0.4, -0.2) is 21.4 Å². The van der Waals surface area contributed by atoms with E-state index in [0.717, 1.165) is 17.8 Å². The molecule has 1 aromatic carbocycles. The van der Waals surface area contributed by atoms with Gasteiger partial charge in [-0.2, -0.15) is 5.10 Å². The highest BCUT2D eigenvalue weighted by Gasteiger charge is 2.08. The number of aryl methyl sites for hydroxylation is 1. The Hall–Kier alpha value is -1.66. The van der Waals surface area contributed by atoms with Gasteiger partial charge in [-0.1, -0.05) is 17.7 Å². The van der Waals surface area contributed by atoms with E-state index in [1.165, 1.54) is 12.1 Å². The van der Waals surface area contributed by atoms with E-state index in [4.69, 9.17) is 23.8 Å². The normalized spacial score (nSPS) is 10.5. The average molecular weight is 327 g/mol. The highest BCUT2D eigenvalue weighted by Crippen LogP contribution is 2.19. The van der Waals surface area contributed by atoms with E-state index >= 15 is 0 Å². The molecule has 0 bridgehead atoms. The van der Waals surface area contributed by atoms with Crippen molar-refractivity contribution in [1.29, 1.82) is 0 Å². The summed E-state index contributed by atoms with van der Waals surface area (Å²) in [5.74, 6) is 0.316. The fraction of sp³-hybridized carbons (Fsp3) is 0.286. The third-order valence-electron chi connectivity index (χ3n) is 2.90. The zero-order valence-corrected chi connectivity index (χ0v) is 13.4. The standard InChI is InChI=1S/C14H16ClFN4S/c1-3-17-14(21)18-13-6-9(2)20(19-13)8-10-4-5-11(16)7-12(10)15/h4-7H,3,8H2,1-2H3,(H2,17,18,19,21). The number of rotatable bonds is 4. The Balaban J connectivity index is 2.14. The number of nitrogens with one attached hydrogen (secondary N) is 2. The summed E-state index contributed by atoms with van der Waals surface area (Å²) in [6.07, 6.45) is 0. The lowest BCUT2D eigenvalue weighted by Crippen LogP contribution is -2.28. The maximum Gasteiger partial charge on any atom is 0.171 e. The first-order valence-electron chi connectivity index (χ1n) is 6.53. The van der Waals surface area contributed by atoms with Gasteiger partial charge in [0.25, 0.3) is 0 Å². The molecule has 0 amide bonds. The van der Waals surface area contributed by atoms with Crippen molar-refractivity contribution in [3.63, 3.8) is 0 Å². The highest BCUT2D eigenvalue weighted by molar-refractivity contribution is 7.80. The molecule has 2 rings (SSSR count). The molecule has 112 valence electrons. The van der Waals surface area contributed by atoms with Crippen molar-refractivity contribution in [1.82, 2.24) is 15.1 Å². The van der Waals surface area contributed by atoms with Crippen LogP contribution >= 0.6 is 23.8 Å². The molecule has 2 N–H and O–H groups in total. The molecule has 0 unspecified atom stereocenters. The minimum atomic E-state index is -0.348. The first-order chi connectivity index (χ1) is 9.99.